The van der Waals surface area contributed by atoms with Gasteiger partial charge >= 0.3 is 0 Å². The number of nitrogens with two attached hydrogens (primary N) is 1. The van der Waals surface area contributed by atoms with Crippen molar-refractivity contribution in [2.45, 2.75) is 19.3 Å². The van der Waals surface area contributed by atoms with Gasteiger partial charge in [0.15, 0.2) is 0 Å². The minimum atomic E-state index is 0.354. The number of nitrogen functional groups attached to an aromatic ring is 1. The topological polar surface area (TPSA) is 68.2 Å². The summed E-state index contributed by atoms with van der Waals surface area (Å²) in [7, 11) is 0. The number of benzene rings is 1. The van der Waals surface area contributed by atoms with Crippen molar-refractivity contribution in [1.82, 2.24) is 10.1 Å². The summed E-state index contributed by atoms with van der Waals surface area (Å²) in [5.74, 6) is 1.01. The van der Waals surface area contributed by atoms with E-state index in [4.69, 9.17) is 33.5 Å². The summed E-state index contributed by atoms with van der Waals surface area (Å²) in [6, 6.07) is 3.35. The molecule has 1 saturated heterocycles. The van der Waals surface area contributed by atoms with Crippen molar-refractivity contribution in [1.29, 1.82) is 0 Å². The Morgan fingerprint density at radius 3 is 2.40 bits per heavy atom. The predicted molar refractivity (Wildman–Crippen MR) is 80.2 cm³/mol. The second kappa shape index (κ2) is 5.50. The van der Waals surface area contributed by atoms with Gasteiger partial charge in [0.2, 0.25) is 0 Å². The zero-order valence-electron chi connectivity index (χ0n) is 10.8. The highest BCUT2D eigenvalue weighted by atomic mass is 35.5. The van der Waals surface area contributed by atoms with Crippen LogP contribution in [-0.2, 0) is 0 Å². The third-order valence-corrected chi connectivity index (χ3v) is 4.01. The van der Waals surface area contributed by atoms with Gasteiger partial charge in [0.1, 0.15) is 0 Å². The summed E-state index contributed by atoms with van der Waals surface area (Å²) >= 11 is 12.0. The molecule has 0 atom stereocenters. The van der Waals surface area contributed by atoms with Crippen molar-refractivity contribution >= 4 is 34.8 Å². The SMILES string of the molecule is Nc1c(Cl)cc(-c2nc(N3CCCCC3)no2)cc1Cl. The van der Waals surface area contributed by atoms with Crippen LogP contribution in [0.3, 0.4) is 0 Å². The first-order valence-electron chi connectivity index (χ1n) is 6.48. The molecule has 1 fully saturated rings. The third-order valence-electron chi connectivity index (χ3n) is 3.38. The van der Waals surface area contributed by atoms with Gasteiger partial charge in [-0.05, 0) is 36.6 Å². The molecule has 0 spiro atoms. The number of hydrogen-bond donors (Lipinski definition) is 1. The van der Waals surface area contributed by atoms with Crippen LogP contribution in [0.2, 0.25) is 10.0 Å². The highest BCUT2D eigenvalue weighted by Gasteiger charge is 2.18. The average molecular weight is 313 g/mol. The first-order valence-corrected chi connectivity index (χ1v) is 7.24. The molecule has 1 aromatic carbocycles. The van der Waals surface area contributed by atoms with Crippen LogP contribution in [0.25, 0.3) is 11.5 Å². The third kappa shape index (κ3) is 2.55. The lowest BCUT2D eigenvalue weighted by atomic mass is 10.1. The van der Waals surface area contributed by atoms with Crippen molar-refractivity contribution in [2.75, 3.05) is 23.7 Å². The van der Waals surface area contributed by atoms with Crippen LogP contribution in [0.15, 0.2) is 16.7 Å². The highest BCUT2D eigenvalue weighted by molar-refractivity contribution is 6.39. The molecule has 20 heavy (non-hydrogen) atoms. The van der Waals surface area contributed by atoms with E-state index in [1.54, 1.807) is 12.1 Å². The fraction of sp³-hybridized carbons (Fsp3) is 0.385. The molecule has 0 aliphatic carbocycles. The van der Waals surface area contributed by atoms with Crippen molar-refractivity contribution in [3.05, 3.63) is 22.2 Å². The molecular weight excluding hydrogens is 299 g/mol. The molecule has 5 nitrogen and oxygen atoms in total. The normalized spacial score (nSPS) is 15.6. The Morgan fingerprint density at radius 2 is 1.75 bits per heavy atom. The molecule has 0 radical (unpaired) electrons. The Hall–Kier alpha value is -1.46. The maximum Gasteiger partial charge on any atom is 0.266 e. The van der Waals surface area contributed by atoms with Crippen molar-refractivity contribution in [2.24, 2.45) is 0 Å². The highest BCUT2D eigenvalue weighted by Crippen LogP contribution is 2.33. The molecule has 0 unspecified atom stereocenters. The number of halogens is 2. The molecule has 7 heteroatoms. The van der Waals surface area contributed by atoms with Gasteiger partial charge in [0.05, 0.1) is 15.7 Å². The van der Waals surface area contributed by atoms with Gasteiger partial charge in [0, 0.05) is 18.7 Å². The van der Waals surface area contributed by atoms with Gasteiger partial charge in [0.25, 0.3) is 11.8 Å². The van der Waals surface area contributed by atoms with E-state index in [0.717, 1.165) is 25.9 Å². The lowest BCUT2D eigenvalue weighted by Crippen LogP contribution is -2.30. The summed E-state index contributed by atoms with van der Waals surface area (Å²) in [4.78, 5) is 6.53. The number of anilines is 2. The predicted octanol–water partition coefficient (Wildman–Crippen LogP) is 3.62. The second-order valence-electron chi connectivity index (χ2n) is 4.80. The smallest absolute Gasteiger partial charge is 0.266 e. The lowest BCUT2D eigenvalue weighted by Gasteiger charge is -2.24. The van der Waals surface area contributed by atoms with Crippen LogP contribution < -0.4 is 10.6 Å². The van der Waals surface area contributed by atoms with E-state index in [1.807, 2.05) is 0 Å². The maximum atomic E-state index is 6.01. The number of aromatic nitrogens is 2. The number of hydrogen-bond acceptors (Lipinski definition) is 5. The van der Waals surface area contributed by atoms with E-state index < -0.39 is 0 Å². The molecule has 0 amide bonds. The monoisotopic (exact) mass is 312 g/mol. The number of nitrogens with zero attached hydrogens (tertiary/aromatic N) is 3. The fourth-order valence-corrected chi connectivity index (χ4v) is 2.75. The Morgan fingerprint density at radius 1 is 1.10 bits per heavy atom. The molecule has 3 rings (SSSR count). The second-order valence-corrected chi connectivity index (χ2v) is 5.62. The van der Waals surface area contributed by atoms with Crippen LogP contribution in [0, 0.1) is 0 Å². The minimum Gasteiger partial charge on any atom is -0.396 e. The summed E-state index contributed by atoms with van der Waals surface area (Å²) in [5.41, 5.74) is 6.74. The van der Waals surface area contributed by atoms with Crippen LogP contribution in [-0.4, -0.2) is 23.2 Å². The van der Waals surface area contributed by atoms with E-state index in [1.165, 1.54) is 6.42 Å². The summed E-state index contributed by atoms with van der Waals surface area (Å²) in [6.45, 7) is 1.92. The van der Waals surface area contributed by atoms with Crippen molar-refractivity contribution < 1.29 is 4.52 Å². The Kier molecular flexibility index (Phi) is 3.72. The van der Waals surface area contributed by atoms with Gasteiger partial charge in [-0.2, -0.15) is 4.98 Å². The summed E-state index contributed by atoms with van der Waals surface area (Å²) in [5, 5.41) is 4.78. The molecule has 2 heterocycles. The van der Waals surface area contributed by atoms with E-state index in [0.29, 0.717) is 33.1 Å². The largest absolute Gasteiger partial charge is 0.396 e. The van der Waals surface area contributed by atoms with Crippen LogP contribution >= 0.6 is 23.2 Å². The molecule has 106 valence electrons. The van der Waals surface area contributed by atoms with E-state index in [-0.39, 0.29) is 0 Å². The Bertz CT molecular complexity index is 600. The Labute approximate surface area is 126 Å². The minimum absolute atomic E-state index is 0.354. The van der Waals surface area contributed by atoms with Crippen LogP contribution in [0.1, 0.15) is 19.3 Å². The summed E-state index contributed by atoms with van der Waals surface area (Å²) in [6.07, 6.45) is 3.57. The number of rotatable bonds is 2. The van der Waals surface area contributed by atoms with Crippen molar-refractivity contribution in [3.8, 4) is 11.5 Å². The molecule has 1 aliphatic heterocycles. The maximum absolute atomic E-state index is 6.01. The van der Waals surface area contributed by atoms with Crippen molar-refractivity contribution in [3.63, 3.8) is 0 Å². The van der Waals surface area contributed by atoms with E-state index in [9.17, 15) is 0 Å². The first kappa shape index (κ1) is 13.5. The first-order chi connectivity index (χ1) is 9.65. The molecule has 1 aromatic heterocycles. The van der Waals surface area contributed by atoms with Gasteiger partial charge in [-0.25, -0.2) is 0 Å². The van der Waals surface area contributed by atoms with E-state index >= 15 is 0 Å². The lowest BCUT2D eigenvalue weighted by molar-refractivity contribution is 0.426. The standard InChI is InChI=1S/C13H14Cl2N4O/c14-9-6-8(7-10(15)11(9)16)12-17-13(18-20-12)19-4-2-1-3-5-19/h6-7H,1-5,16H2. The van der Waals surface area contributed by atoms with Gasteiger partial charge in [-0.3, -0.25) is 0 Å². The zero-order valence-corrected chi connectivity index (χ0v) is 12.3. The zero-order chi connectivity index (χ0) is 14.1. The van der Waals surface area contributed by atoms with E-state index in [2.05, 4.69) is 15.0 Å². The quantitative estimate of drug-likeness (QED) is 0.858. The molecular formula is C13H14Cl2N4O. The average Bonchev–Trinajstić information content (AvgIpc) is 2.95. The van der Waals surface area contributed by atoms with Crippen LogP contribution in [0.4, 0.5) is 11.6 Å². The molecule has 0 saturated carbocycles. The van der Waals surface area contributed by atoms with Crippen LogP contribution in [0.5, 0.6) is 0 Å². The summed E-state index contributed by atoms with van der Waals surface area (Å²) < 4.78 is 5.29. The van der Waals surface area contributed by atoms with Gasteiger partial charge in [-0.1, -0.05) is 23.2 Å². The fourth-order valence-electron chi connectivity index (χ4n) is 2.26. The molecule has 1 aliphatic rings. The molecule has 2 N–H and O–H groups in total. The molecule has 2 aromatic rings. The number of piperidine rings is 1. The van der Waals surface area contributed by atoms with Gasteiger partial charge < -0.3 is 15.2 Å². The molecule has 0 bridgehead atoms. The Balaban J connectivity index is 1.89. The van der Waals surface area contributed by atoms with Gasteiger partial charge in [-0.15, -0.1) is 0 Å².